The molecule has 4 rings (SSSR count). The van der Waals surface area contributed by atoms with Gasteiger partial charge in [-0.1, -0.05) is 12.1 Å². The van der Waals surface area contributed by atoms with Gasteiger partial charge in [-0.2, -0.15) is 0 Å². The Labute approximate surface area is 183 Å². The molecule has 1 amide bonds. The number of amides is 1. The Bertz CT molecular complexity index is 1300. The number of anilines is 1. The number of furan rings is 1. The van der Waals surface area contributed by atoms with Gasteiger partial charge >= 0.3 is 0 Å². The van der Waals surface area contributed by atoms with Crippen LogP contribution in [0.3, 0.4) is 0 Å². The van der Waals surface area contributed by atoms with E-state index in [2.05, 4.69) is 0 Å². The molecule has 0 spiro atoms. The molecule has 0 radical (unpaired) electrons. The summed E-state index contributed by atoms with van der Waals surface area (Å²) in [5, 5.41) is 9.78. The number of nitro groups is 1. The molecule has 1 fully saturated rings. The maximum absolute atomic E-state index is 13.5. The number of carbonyl (C=O) groups excluding carboxylic acids is 1. The summed E-state index contributed by atoms with van der Waals surface area (Å²) in [5.74, 6) is -0.00525. The molecule has 0 aliphatic carbocycles. The average Bonchev–Trinajstić information content (AvgIpc) is 3.35. The van der Waals surface area contributed by atoms with Crippen molar-refractivity contribution < 1.29 is 27.3 Å². The van der Waals surface area contributed by atoms with E-state index in [9.17, 15) is 23.3 Å². The molecule has 0 N–H and O–H groups in total. The monoisotopic (exact) mass is 454 g/mol. The number of sulfone groups is 1. The lowest BCUT2D eigenvalue weighted by Gasteiger charge is -2.23. The molecule has 1 aromatic heterocycles. The highest BCUT2D eigenvalue weighted by molar-refractivity contribution is 7.97. The van der Waals surface area contributed by atoms with Gasteiger partial charge in [-0.3, -0.25) is 19.8 Å². The quantitative estimate of drug-likeness (QED) is 0.312. The Morgan fingerprint density at radius 1 is 1.16 bits per heavy atom. The van der Waals surface area contributed by atoms with E-state index in [0.29, 0.717) is 18.0 Å². The predicted octanol–water partition coefficient (Wildman–Crippen LogP) is 4.09. The lowest BCUT2D eigenvalue weighted by molar-refractivity contribution is -0.384. The van der Waals surface area contributed by atoms with Crippen molar-refractivity contribution >= 4 is 33.2 Å². The minimum atomic E-state index is -4.24. The Balaban J connectivity index is 1.89. The Hall–Kier alpha value is -3.92. The number of benzene rings is 2. The van der Waals surface area contributed by atoms with E-state index in [4.69, 9.17) is 9.15 Å². The molecule has 0 bridgehead atoms. The second-order valence-electron chi connectivity index (χ2n) is 6.88. The van der Waals surface area contributed by atoms with Crippen LogP contribution in [0.1, 0.15) is 23.6 Å². The zero-order valence-electron chi connectivity index (χ0n) is 16.9. The minimum absolute atomic E-state index is 0.101. The molecule has 1 aliphatic rings. The van der Waals surface area contributed by atoms with Crippen molar-refractivity contribution in [2.24, 2.45) is 0 Å². The molecular weight excluding hydrogens is 436 g/mol. The number of carbonyl (C=O) groups is 1. The molecule has 2 aromatic carbocycles. The highest BCUT2D eigenvalue weighted by atomic mass is 32.2. The summed E-state index contributed by atoms with van der Waals surface area (Å²) in [4.78, 5) is 24.6. The second kappa shape index (κ2) is 8.31. The number of hydrogen-bond acceptors (Lipinski definition) is 7. The van der Waals surface area contributed by atoms with Gasteiger partial charge in [0.1, 0.15) is 16.4 Å². The average molecular weight is 454 g/mol. The van der Waals surface area contributed by atoms with Gasteiger partial charge in [-0.25, -0.2) is 8.42 Å². The standard InChI is InChI=1S/C22H18N2O7S/c1-2-30-18-10-8-16(9-11-18)23-21(25)20(14-19-7-4-12-31-19)32(28,29)22(23)15-5-3-6-17(13-15)24(26)27/h3-14,22H,2H2,1H3. The van der Waals surface area contributed by atoms with E-state index in [1.54, 1.807) is 30.3 Å². The van der Waals surface area contributed by atoms with E-state index in [1.807, 2.05) is 6.92 Å². The van der Waals surface area contributed by atoms with Crippen LogP contribution in [0.4, 0.5) is 11.4 Å². The highest BCUT2D eigenvalue weighted by Crippen LogP contribution is 2.44. The number of nitrogens with zero attached hydrogens (tertiary/aromatic N) is 2. The number of hydrogen-bond donors (Lipinski definition) is 0. The zero-order valence-corrected chi connectivity index (χ0v) is 17.7. The van der Waals surface area contributed by atoms with Crippen molar-refractivity contribution in [3.8, 4) is 5.75 Å². The van der Waals surface area contributed by atoms with Crippen LogP contribution < -0.4 is 9.64 Å². The largest absolute Gasteiger partial charge is 0.494 e. The summed E-state index contributed by atoms with van der Waals surface area (Å²) in [7, 11) is -4.24. The summed E-state index contributed by atoms with van der Waals surface area (Å²) in [6, 6.07) is 14.7. The summed E-state index contributed by atoms with van der Waals surface area (Å²) in [5.41, 5.74) is 0.130. The Kier molecular flexibility index (Phi) is 5.54. The first-order chi connectivity index (χ1) is 15.3. The van der Waals surface area contributed by atoms with Crippen LogP contribution in [0, 0.1) is 10.1 Å². The third-order valence-electron chi connectivity index (χ3n) is 4.87. The first-order valence-electron chi connectivity index (χ1n) is 9.63. The van der Waals surface area contributed by atoms with Gasteiger partial charge in [0.05, 0.1) is 17.8 Å². The molecule has 3 aromatic rings. The van der Waals surface area contributed by atoms with E-state index < -0.39 is 30.9 Å². The van der Waals surface area contributed by atoms with Gasteiger partial charge in [0, 0.05) is 23.9 Å². The number of non-ortho nitro benzene ring substituents is 1. The molecule has 10 heteroatoms. The first kappa shape index (κ1) is 21.3. The fraction of sp³-hybridized carbons (Fsp3) is 0.136. The zero-order chi connectivity index (χ0) is 22.9. The van der Waals surface area contributed by atoms with Gasteiger partial charge in [0.15, 0.2) is 5.37 Å². The molecule has 2 heterocycles. The van der Waals surface area contributed by atoms with Crippen LogP contribution in [0.25, 0.3) is 6.08 Å². The van der Waals surface area contributed by atoms with E-state index in [-0.39, 0.29) is 17.0 Å². The van der Waals surface area contributed by atoms with Gasteiger partial charge in [-0.15, -0.1) is 0 Å². The minimum Gasteiger partial charge on any atom is -0.494 e. The van der Waals surface area contributed by atoms with Gasteiger partial charge < -0.3 is 9.15 Å². The van der Waals surface area contributed by atoms with E-state index in [0.717, 1.165) is 17.0 Å². The van der Waals surface area contributed by atoms with Gasteiger partial charge in [-0.05, 0) is 48.9 Å². The Morgan fingerprint density at radius 2 is 1.91 bits per heavy atom. The van der Waals surface area contributed by atoms with Crippen LogP contribution in [-0.2, 0) is 14.6 Å². The molecule has 32 heavy (non-hydrogen) atoms. The number of ether oxygens (including phenoxy) is 1. The van der Waals surface area contributed by atoms with Crippen LogP contribution >= 0.6 is 0 Å². The lowest BCUT2D eigenvalue weighted by Crippen LogP contribution is -2.29. The molecule has 9 nitrogen and oxygen atoms in total. The molecular formula is C22H18N2O7S. The molecule has 1 aliphatic heterocycles. The topological polar surface area (TPSA) is 120 Å². The lowest BCUT2D eigenvalue weighted by atomic mass is 10.1. The molecule has 164 valence electrons. The summed E-state index contributed by atoms with van der Waals surface area (Å²) in [6.45, 7) is 2.28. The van der Waals surface area contributed by atoms with Crippen molar-refractivity contribution in [2.75, 3.05) is 11.5 Å². The predicted molar refractivity (Wildman–Crippen MR) is 117 cm³/mol. The highest BCUT2D eigenvalue weighted by Gasteiger charge is 2.50. The molecule has 1 atom stereocenters. The molecule has 0 saturated carbocycles. The first-order valence-corrected chi connectivity index (χ1v) is 11.2. The van der Waals surface area contributed by atoms with Gasteiger partial charge in [0.25, 0.3) is 11.6 Å². The normalized spacial score (nSPS) is 18.8. The molecule has 1 unspecified atom stereocenters. The third kappa shape index (κ3) is 3.76. The summed E-state index contributed by atoms with van der Waals surface area (Å²) in [6.07, 6.45) is 2.53. The fourth-order valence-electron chi connectivity index (χ4n) is 3.49. The van der Waals surface area contributed by atoms with E-state index >= 15 is 0 Å². The van der Waals surface area contributed by atoms with Crippen LogP contribution in [0.5, 0.6) is 5.75 Å². The van der Waals surface area contributed by atoms with Gasteiger partial charge in [0.2, 0.25) is 9.84 Å². The smallest absolute Gasteiger partial charge is 0.271 e. The van der Waals surface area contributed by atoms with Crippen LogP contribution in [0.2, 0.25) is 0 Å². The van der Waals surface area contributed by atoms with Crippen molar-refractivity contribution in [3.05, 3.63) is 93.3 Å². The number of rotatable bonds is 6. The van der Waals surface area contributed by atoms with Crippen molar-refractivity contribution in [3.63, 3.8) is 0 Å². The van der Waals surface area contributed by atoms with Crippen molar-refractivity contribution in [2.45, 2.75) is 12.3 Å². The second-order valence-corrected chi connectivity index (χ2v) is 8.85. The van der Waals surface area contributed by atoms with Crippen molar-refractivity contribution in [1.82, 2.24) is 0 Å². The maximum Gasteiger partial charge on any atom is 0.271 e. The molecule has 1 saturated heterocycles. The number of nitro benzene ring substituents is 1. The summed E-state index contributed by atoms with van der Waals surface area (Å²) >= 11 is 0. The fourth-order valence-corrected chi connectivity index (χ4v) is 5.36. The SMILES string of the molecule is CCOc1ccc(N2C(=O)C(=Cc3ccco3)S(=O)(=O)C2c2cccc([N+](=O)[O-])c2)cc1. The van der Waals surface area contributed by atoms with Crippen LogP contribution in [0.15, 0.2) is 76.2 Å². The van der Waals surface area contributed by atoms with E-state index in [1.165, 1.54) is 30.5 Å². The third-order valence-corrected chi connectivity index (χ3v) is 6.85. The Morgan fingerprint density at radius 3 is 2.53 bits per heavy atom. The maximum atomic E-state index is 13.5. The van der Waals surface area contributed by atoms with Crippen molar-refractivity contribution in [1.29, 1.82) is 0 Å². The summed E-state index contributed by atoms with van der Waals surface area (Å²) < 4.78 is 37.6. The van der Waals surface area contributed by atoms with Crippen LogP contribution in [-0.4, -0.2) is 25.9 Å².